The molecule has 1 aromatic heterocycles. The van der Waals surface area contributed by atoms with Crippen LogP contribution in [0, 0.1) is 27.7 Å². The Hall–Kier alpha value is -6.74. The summed E-state index contributed by atoms with van der Waals surface area (Å²) in [6.45, 7) is 8.66. The van der Waals surface area contributed by atoms with Crippen LogP contribution in [0.25, 0.3) is 64.3 Å². The molecule has 0 bridgehead atoms. The van der Waals surface area contributed by atoms with Crippen molar-refractivity contribution in [3.05, 3.63) is 222 Å². The van der Waals surface area contributed by atoms with Crippen LogP contribution in [0.4, 0.5) is 17.1 Å². The molecule has 9 aromatic carbocycles. The summed E-state index contributed by atoms with van der Waals surface area (Å²) in [6.07, 6.45) is 0. The van der Waals surface area contributed by atoms with Crippen LogP contribution in [0.5, 0.6) is 0 Å². The third-order valence-electron chi connectivity index (χ3n) is 11.2. The molecule has 0 spiro atoms. The van der Waals surface area contributed by atoms with Gasteiger partial charge in [-0.1, -0.05) is 163 Å². The maximum atomic E-state index is 2.41. The van der Waals surface area contributed by atoms with Crippen molar-refractivity contribution < 1.29 is 0 Å². The van der Waals surface area contributed by atoms with E-state index in [1.807, 2.05) is 29.5 Å². The lowest BCUT2D eigenvalue weighted by Crippen LogP contribution is -2.10. The summed E-state index contributed by atoms with van der Waals surface area (Å²) in [5.74, 6) is 0. The van der Waals surface area contributed by atoms with Crippen LogP contribution < -0.4 is 4.90 Å². The largest absolute Gasteiger partial charge is 0.310 e. The van der Waals surface area contributed by atoms with Crippen LogP contribution >= 0.6 is 11.3 Å². The Labute approximate surface area is 346 Å². The van der Waals surface area contributed by atoms with Gasteiger partial charge in [0.2, 0.25) is 0 Å². The summed E-state index contributed by atoms with van der Waals surface area (Å²) in [5, 5.41) is 5.10. The van der Waals surface area contributed by atoms with Crippen molar-refractivity contribution in [2.45, 2.75) is 27.7 Å². The highest BCUT2D eigenvalue weighted by molar-refractivity contribution is 7.26. The van der Waals surface area contributed by atoms with Gasteiger partial charge in [-0.15, -0.1) is 11.3 Å². The smallest absolute Gasteiger partial charge is 0.0540 e. The maximum Gasteiger partial charge on any atom is 0.0540 e. The van der Waals surface area contributed by atoms with Crippen molar-refractivity contribution in [1.82, 2.24) is 0 Å². The fourth-order valence-corrected chi connectivity index (χ4v) is 9.42. The van der Waals surface area contributed by atoms with Gasteiger partial charge in [-0.25, -0.2) is 0 Å². The van der Waals surface area contributed by atoms with Gasteiger partial charge < -0.3 is 4.90 Å². The van der Waals surface area contributed by atoms with Gasteiger partial charge in [-0.2, -0.15) is 0 Å². The van der Waals surface area contributed by atoms with E-state index in [4.69, 9.17) is 0 Å². The molecular formula is C56H45NS. The van der Waals surface area contributed by atoms with Crippen LogP contribution in [-0.2, 0) is 0 Å². The van der Waals surface area contributed by atoms with Gasteiger partial charge in [0.25, 0.3) is 0 Å². The topological polar surface area (TPSA) is 3.24 Å². The minimum atomic E-state index is 1.13. The number of thiophene rings is 1. The Balaban J connectivity index is 0.000000565. The van der Waals surface area contributed by atoms with Crippen LogP contribution in [0.2, 0.25) is 0 Å². The normalized spacial score (nSPS) is 11.1. The number of fused-ring (bicyclic) bond motifs is 4. The zero-order valence-electron chi connectivity index (χ0n) is 33.4. The Kier molecular flexibility index (Phi) is 10.2. The first kappa shape index (κ1) is 36.9. The van der Waals surface area contributed by atoms with Crippen molar-refractivity contribution in [2.75, 3.05) is 4.90 Å². The lowest BCUT2D eigenvalue weighted by atomic mass is 9.90. The predicted octanol–water partition coefficient (Wildman–Crippen LogP) is 16.6. The molecule has 10 aromatic rings. The van der Waals surface area contributed by atoms with Gasteiger partial charge in [0, 0.05) is 36.9 Å². The number of nitrogens with zero attached hydrogens (tertiary/aromatic N) is 1. The molecule has 0 aliphatic carbocycles. The zero-order chi connectivity index (χ0) is 39.6. The van der Waals surface area contributed by atoms with Gasteiger partial charge in [0.15, 0.2) is 0 Å². The highest BCUT2D eigenvalue weighted by Gasteiger charge is 2.19. The first-order chi connectivity index (χ1) is 28.4. The Bertz CT molecular complexity index is 3050. The van der Waals surface area contributed by atoms with E-state index in [9.17, 15) is 0 Å². The molecule has 0 aliphatic heterocycles. The van der Waals surface area contributed by atoms with Crippen molar-refractivity contribution >= 4 is 59.3 Å². The molecule has 1 nitrogen and oxygen atoms in total. The third-order valence-corrected chi connectivity index (χ3v) is 12.4. The summed E-state index contributed by atoms with van der Waals surface area (Å²) in [4.78, 5) is 2.41. The van der Waals surface area contributed by atoms with Crippen molar-refractivity contribution in [3.8, 4) is 33.4 Å². The molecule has 280 valence electrons. The third kappa shape index (κ3) is 7.20. The van der Waals surface area contributed by atoms with Crippen LogP contribution in [-0.4, -0.2) is 0 Å². The molecule has 0 radical (unpaired) electrons. The lowest BCUT2D eigenvalue weighted by molar-refractivity contribution is 1.28. The molecule has 0 aliphatic rings. The van der Waals surface area contributed by atoms with Crippen LogP contribution in [0.15, 0.2) is 200 Å². The molecule has 0 N–H and O–H groups in total. The monoisotopic (exact) mass is 763 g/mol. The zero-order valence-corrected chi connectivity index (χ0v) is 34.2. The van der Waals surface area contributed by atoms with Gasteiger partial charge in [0.05, 0.1) is 5.69 Å². The van der Waals surface area contributed by atoms with E-state index >= 15 is 0 Å². The average Bonchev–Trinajstić information content (AvgIpc) is 3.64. The Morgan fingerprint density at radius 1 is 0.345 bits per heavy atom. The quantitative estimate of drug-likeness (QED) is 0.163. The number of rotatable bonds is 6. The molecule has 0 saturated heterocycles. The highest BCUT2D eigenvalue weighted by atomic mass is 32.1. The van der Waals surface area contributed by atoms with E-state index in [1.54, 1.807) is 0 Å². The minimum absolute atomic E-state index is 1.13. The molecule has 0 unspecified atom stereocenters. The highest BCUT2D eigenvalue weighted by Crippen LogP contribution is 2.44. The SMILES string of the molecule is Cc1cccc(N(c2ccc(-c3cccc4c3sc3ccccc34)cc2)c2ccc(-c3ccc(C)c(-c4ccccc4C)c3)c3ccccc23)c1.Cc1ccccc1. The fraction of sp³-hybridized carbons (Fsp3) is 0.0714. The Morgan fingerprint density at radius 3 is 1.72 bits per heavy atom. The average molecular weight is 764 g/mol. The number of aryl methyl sites for hydroxylation is 4. The minimum Gasteiger partial charge on any atom is -0.310 e. The molecule has 0 amide bonds. The number of anilines is 3. The standard InChI is InChI=1S/C49H37NS.C7H8/c1-32-12-10-14-38(30-32)50(37-26-24-35(25-27-37)41-19-11-20-45-44-18-8-9-21-48(44)51-49(41)45)47-29-28-40(42-16-6-7-17-43(42)47)36-23-22-34(3)46(31-36)39-15-5-4-13-33(39)2;1-7-5-3-2-4-6-7/h4-31H,1-3H3;2-6H,1H3. The molecule has 2 heteroatoms. The van der Waals surface area contributed by atoms with E-state index in [-0.39, 0.29) is 0 Å². The van der Waals surface area contributed by atoms with E-state index in [0.717, 1.165) is 17.1 Å². The van der Waals surface area contributed by atoms with Gasteiger partial charge >= 0.3 is 0 Å². The van der Waals surface area contributed by atoms with Crippen LogP contribution in [0.3, 0.4) is 0 Å². The molecule has 10 rings (SSSR count). The first-order valence-corrected chi connectivity index (χ1v) is 20.8. The summed E-state index contributed by atoms with van der Waals surface area (Å²) < 4.78 is 2.67. The molecule has 0 atom stereocenters. The summed E-state index contributed by atoms with van der Waals surface area (Å²) in [5.41, 5.74) is 16.1. The van der Waals surface area contributed by atoms with Crippen LogP contribution in [0.1, 0.15) is 22.3 Å². The molecule has 0 saturated carbocycles. The molecule has 1 heterocycles. The summed E-state index contributed by atoms with van der Waals surface area (Å²) >= 11 is 1.88. The van der Waals surface area contributed by atoms with Gasteiger partial charge in [-0.3, -0.25) is 0 Å². The first-order valence-electron chi connectivity index (χ1n) is 20.0. The molecule has 0 fully saturated rings. The van der Waals surface area contributed by atoms with Gasteiger partial charge in [0.1, 0.15) is 0 Å². The van der Waals surface area contributed by atoms with E-state index in [0.29, 0.717) is 0 Å². The Morgan fingerprint density at radius 2 is 0.966 bits per heavy atom. The number of hydrogen-bond donors (Lipinski definition) is 0. The second-order valence-electron chi connectivity index (χ2n) is 15.2. The fourth-order valence-electron chi connectivity index (χ4n) is 8.18. The molecular weight excluding hydrogens is 719 g/mol. The molecule has 58 heavy (non-hydrogen) atoms. The predicted molar refractivity (Wildman–Crippen MR) is 253 cm³/mol. The van der Waals surface area contributed by atoms with E-state index in [1.165, 1.54) is 86.6 Å². The van der Waals surface area contributed by atoms with E-state index < -0.39 is 0 Å². The van der Waals surface area contributed by atoms with Crippen molar-refractivity contribution in [3.63, 3.8) is 0 Å². The lowest BCUT2D eigenvalue weighted by Gasteiger charge is -2.28. The van der Waals surface area contributed by atoms with E-state index in [2.05, 4.69) is 215 Å². The van der Waals surface area contributed by atoms with Crippen molar-refractivity contribution in [2.24, 2.45) is 0 Å². The maximum absolute atomic E-state index is 2.41. The summed E-state index contributed by atoms with van der Waals surface area (Å²) in [7, 11) is 0. The number of hydrogen-bond acceptors (Lipinski definition) is 2. The summed E-state index contributed by atoms with van der Waals surface area (Å²) in [6, 6.07) is 72.7. The number of benzene rings is 9. The second-order valence-corrected chi connectivity index (χ2v) is 16.2. The van der Waals surface area contributed by atoms with Crippen molar-refractivity contribution in [1.29, 1.82) is 0 Å². The second kappa shape index (κ2) is 16.0. The van der Waals surface area contributed by atoms with Gasteiger partial charge in [-0.05, 0) is 126 Å².